The second kappa shape index (κ2) is 24.8. The lowest BCUT2D eigenvalue weighted by atomic mass is 9.89. The predicted octanol–water partition coefficient (Wildman–Crippen LogP) is 7.51. The number of fused-ring (bicyclic) bond motifs is 2. The maximum Gasteiger partial charge on any atom is 0.338 e. The van der Waals surface area contributed by atoms with E-state index < -0.39 is 12.0 Å². The first-order valence-electron chi connectivity index (χ1n) is 24.0. The SMILES string of the molecule is CC(C)CCOc1ccc2ccccc2c1-c1c(OCC(=O)C[C@H](CCCC[NH3+])C(=O)N[C@H](CCC[NH+]=C(N)N)C(=O)C[C@@H](CC(C)C)c2ncc(-c3ccccc3)o2)ccc2ccccc12. The summed E-state index contributed by atoms with van der Waals surface area (Å²) >= 11 is 0. The maximum absolute atomic E-state index is 14.4. The van der Waals surface area contributed by atoms with Crippen molar-refractivity contribution in [2.45, 2.75) is 97.4 Å². The van der Waals surface area contributed by atoms with Crippen molar-refractivity contribution in [3.8, 4) is 33.9 Å². The number of aromatic nitrogens is 1. The lowest BCUT2D eigenvalue weighted by Crippen LogP contribution is -2.78. The summed E-state index contributed by atoms with van der Waals surface area (Å²) in [6.45, 7) is 9.97. The minimum absolute atomic E-state index is 0.0561. The van der Waals surface area contributed by atoms with E-state index in [-0.39, 0.29) is 54.7 Å². The fourth-order valence-electron chi connectivity index (χ4n) is 8.63. The molecule has 6 rings (SSSR count). The number of nitrogens with one attached hydrogen (secondary N) is 2. The van der Waals surface area contributed by atoms with E-state index in [1.165, 1.54) is 0 Å². The van der Waals surface area contributed by atoms with Crippen LogP contribution in [0.25, 0.3) is 44.0 Å². The van der Waals surface area contributed by atoms with Gasteiger partial charge in [0.25, 0.3) is 0 Å². The zero-order chi connectivity index (χ0) is 47.7. The molecule has 0 spiro atoms. The second-order valence-corrected chi connectivity index (χ2v) is 18.4. The summed E-state index contributed by atoms with van der Waals surface area (Å²) in [6.07, 6.45) is 6.11. The molecule has 0 radical (unpaired) electrons. The standard InChI is InChI=1S/C55H68N6O6/c1-36(2)27-30-65-48-25-23-38-15-8-10-20-44(38)51(48)52-45-21-11-9-16-39(45)24-26-49(52)66-35-43(62)32-41(19-12-13-28-56)53(64)61-46(22-14-29-59-55(57)58)47(63)33-42(31-37(3)4)54-60-34-50(67-54)40-17-6-5-7-18-40/h5-11,15-18,20-21,23-26,34,36-37,41-42,46H,12-14,19,22,27-33,35,56H2,1-4H3,(H,61,64)(H4,57,58,59)/p+2/t41-,42+,46+/m0/s1. The highest BCUT2D eigenvalue weighted by atomic mass is 16.5. The molecular weight excluding hydrogens is 841 g/mol. The van der Waals surface area contributed by atoms with Crippen LogP contribution in [0.2, 0.25) is 0 Å². The highest BCUT2D eigenvalue weighted by Crippen LogP contribution is 2.45. The van der Waals surface area contributed by atoms with Crippen molar-refractivity contribution >= 4 is 45.0 Å². The molecule has 1 amide bonds. The zero-order valence-electron chi connectivity index (χ0n) is 39.7. The van der Waals surface area contributed by atoms with E-state index in [2.05, 4.69) is 79.1 Å². The Hall–Kier alpha value is -6.53. The number of rotatable bonds is 27. The summed E-state index contributed by atoms with van der Waals surface area (Å²) in [5.41, 5.74) is 18.0. The maximum atomic E-state index is 14.4. The molecule has 67 heavy (non-hydrogen) atoms. The van der Waals surface area contributed by atoms with E-state index in [1.807, 2.05) is 72.8 Å². The van der Waals surface area contributed by atoms with Crippen LogP contribution in [-0.4, -0.2) is 60.8 Å². The van der Waals surface area contributed by atoms with Crippen LogP contribution in [0.4, 0.5) is 0 Å². The molecule has 3 atom stereocenters. The molecule has 1 aromatic heterocycles. The largest absolute Gasteiger partial charge is 0.493 e. The van der Waals surface area contributed by atoms with Crippen molar-refractivity contribution < 1.29 is 39.0 Å². The van der Waals surface area contributed by atoms with Crippen LogP contribution in [0, 0.1) is 17.8 Å². The molecule has 0 saturated heterocycles. The van der Waals surface area contributed by atoms with Gasteiger partial charge in [-0.3, -0.25) is 30.8 Å². The number of quaternary nitrogens is 1. The first-order chi connectivity index (χ1) is 32.4. The Bertz CT molecular complexity index is 2580. The number of amides is 1. The van der Waals surface area contributed by atoms with Crippen LogP contribution < -0.4 is 37.0 Å². The minimum Gasteiger partial charge on any atom is -0.493 e. The Morgan fingerprint density at radius 2 is 1.37 bits per heavy atom. The van der Waals surface area contributed by atoms with E-state index in [0.29, 0.717) is 75.1 Å². The number of nitrogens with zero attached hydrogens (tertiary/aromatic N) is 1. The van der Waals surface area contributed by atoms with Gasteiger partial charge in [0.1, 0.15) is 18.1 Å². The van der Waals surface area contributed by atoms with Crippen LogP contribution in [-0.2, 0) is 14.4 Å². The zero-order valence-corrected chi connectivity index (χ0v) is 39.7. The molecule has 0 aliphatic rings. The smallest absolute Gasteiger partial charge is 0.338 e. The van der Waals surface area contributed by atoms with Gasteiger partial charge in [0.2, 0.25) is 5.91 Å². The molecule has 0 fully saturated rings. The minimum atomic E-state index is -0.828. The van der Waals surface area contributed by atoms with Gasteiger partial charge in [-0.15, -0.1) is 0 Å². The van der Waals surface area contributed by atoms with Crippen LogP contribution in [0.5, 0.6) is 11.5 Å². The molecule has 5 aromatic carbocycles. The van der Waals surface area contributed by atoms with Gasteiger partial charge in [-0.25, -0.2) is 4.98 Å². The van der Waals surface area contributed by atoms with Crippen molar-refractivity contribution in [1.82, 2.24) is 10.3 Å². The van der Waals surface area contributed by atoms with Gasteiger partial charge in [0.05, 0.1) is 31.9 Å². The molecule has 12 nitrogen and oxygen atoms in total. The average molecular weight is 911 g/mol. The second-order valence-electron chi connectivity index (χ2n) is 18.4. The number of unbranched alkanes of at least 4 members (excludes halogenated alkanes) is 1. The Morgan fingerprint density at radius 1 is 0.731 bits per heavy atom. The third-order valence-corrected chi connectivity index (χ3v) is 12.1. The number of carbonyl (C=O) groups is 3. The number of oxazole rings is 1. The highest BCUT2D eigenvalue weighted by molar-refractivity contribution is 6.10. The van der Waals surface area contributed by atoms with Crippen molar-refractivity contribution in [2.24, 2.45) is 29.2 Å². The molecule has 0 saturated carbocycles. The van der Waals surface area contributed by atoms with Gasteiger partial charge in [0, 0.05) is 41.4 Å². The number of ketones is 2. The highest BCUT2D eigenvalue weighted by Gasteiger charge is 2.31. The van der Waals surface area contributed by atoms with Crippen molar-refractivity contribution in [2.75, 3.05) is 26.3 Å². The first-order valence-corrected chi connectivity index (χ1v) is 24.0. The van der Waals surface area contributed by atoms with Crippen molar-refractivity contribution in [3.63, 3.8) is 0 Å². The molecule has 9 N–H and O–H groups in total. The monoisotopic (exact) mass is 911 g/mol. The number of hydrogen-bond acceptors (Lipinski definition) is 7. The van der Waals surface area contributed by atoms with Crippen molar-refractivity contribution in [1.29, 1.82) is 0 Å². The van der Waals surface area contributed by atoms with E-state index in [1.54, 1.807) is 6.20 Å². The molecule has 0 aliphatic carbocycles. The Morgan fingerprint density at radius 3 is 2.00 bits per heavy atom. The number of nitrogens with two attached hydrogens (primary N) is 2. The van der Waals surface area contributed by atoms with Gasteiger partial charge in [-0.2, -0.15) is 0 Å². The number of carbonyl (C=O) groups excluding carboxylic acids is 3. The summed E-state index contributed by atoms with van der Waals surface area (Å²) in [5.74, 6) is 1.50. The summed E-state index contributed by atoms with van der Waals surface area (Å²) in [6, 6.07) is 33.2. The molecule has 1 heterocycles. The number of hydrogen-bond donors (Lipinski definition) is 5. The molecule has 0 bridgehead atoms. The molecule has 12 heteroatoms. The Kier molecular flexibility index (Phi) is 18.5. The predicted molar refractivity (Wildman–Crippen MR) is 266 cm³/mol. The van der Waals surface area contributed by atoms with E-state index >= 15 is 0 Å². The van der Waals surface area contributed by atoms with Crippen LogP contribution in [0.1, 0.15) is 97.3 Å². The van der Waals surface area contributed by atoms with Gasteiger partial charge >= 0.3 is 5.96 Å². The number of ether oxygens (including phenoxy) is 2. The summed E-state index contributed by atoms with van der Waals surface area (Å²) in [4.78, 5) is 50.4. The molecule has 0 unspecified atom stereocenters. The topological polar surface area (TPSA) is 201 Å². The molecule has 6 aromatic rings. The molecule has 354 valence electrons. The van der Waals surface area contributed by atoms with Crippen LogP contribution >= 0.6 is 0 Å². The molecule has 0 aliphatic heterocycles. The number of Topliss-reactive ketones (excluding diaryl/α,β-unsaturated/α-hetero) is 2. The summed E-state index contributed by atoms with van der Waals surface area (Å²) < 4.78 is 19.3. The average Bonchev–Trinajstić information content (AvgIpc) is 3.82. The Balaban J connectivity index is 1.23. The van der Waals surface area contributed by atoms with Crippen LogP contribution in [0.3, 0.4) is 0 Å². The molecular formula is C55H70N6O6+2. The normalized spacial score (nSPS) is 12.8. The number of benzene rings is 5. The van der Waals surface area contributed by atoms with E-state index in [4.69, 9.17) is 25.4 Å². The lowest BCUT2D eigenvalue weighted by Gasteiger charge is -2.24. The first kappa shape index (κ1) is 49.9. The van der Waals surface area contributed by atoms with Gasteiger partial charge < -0.3 is 24.9 Å². The fraction of sp³-hybridized carbons (Fsp3) is 0.400. The Labute approximate surface area is 395 Å². The fourth-order valence-corrected chi connectivity index (χ4v) is 8.63. The third kappa shape index (κ3) is 14.2. The lowest BCUT2D eigenvalue weighted by molar-refractivity contribution is -0.459. The van der Waals surface area contributed by atoms with E-state index in [0.717, 1.165) is 56.8 Å². The van der Waals surface area contributed by atoms with Gasteiger partial charge in [-0.1, -0.05) is 119 Å². The van der Waals surface area contributed by atoms with E-state index in [9.17, 15) is 14.4 Å². The van der Waals surface area contributed by atoms with Crippen molar-refractivity contribution in [3.05, 3.63) is 115 Å². The van der Waals surface area contributed by atoms with Gasteiger partial charge in [-0.05, 0) is 90.5 Å². The number of guanidine groups is 1. The quantitative estimate of drug-likeness (QED) is 0.0197. The van der Waals surface area contributed by atoms with Crippen LogP contribution in [0.15, 0.2) is 114 Å². The summed E-state index contributed by atoms with van der Waals surface area (Å²) in [7, 11) is 0. The van der Waals surface area contributed by atoms with Gasteiger partial charge in [0.15, 0.2) is 23.2 Å². The third-order valence-electron chi connectivity index (χ3n) is 12.1. The summed E-state index contributed by atoms with van der Waals surface area (Å²) in [5, 5.41) is 7.15.